The van der Waals surface area contributed by atoms with Crippen LogP contribution >= 0.6 is 24.0 Å². The summed E-state index contributed by atoms with van der Waals surface area (Å²) in [6.45, 7) is 1.80. The second-order valence-corrected chi connectivity index (χ2v) is 6.66. The first-order valence-corrected chi connectivity index (χ1v) is 8.63. The van der Waals surface area contributed by atoms with Crippen molar-refractivity contribution in [1.82, 2.24) is 10.2 Å². The Morgan fingerprint density at radius 1 is 1.33 bits per heavy atom. The molecule has 5 nitrogen and oxygen atoms in total. The molecule has 1 amide bonds. The van der Waals surface area contributed by atoms with Gasteiger partial charge in [0.25, 0.3) is 0 Å². The van der Waals surface area contributed by atoms with Gasteiger partial charge in [0.05, 0.1) is 12.1 Å². The number of halogens is 2. The summed E-state index contributed by atoms with van der Waals surface area (Å²) in [5.41, 5.74) is 0. The van der Waals surface area contributed by atoms with Crippen LogP contribution in [0.2, 0.25) is 5.02 Å². The first-order valence-electron chi connectivity index (χ1n) is 8.25. The second kappa shape index (κ2) is 8.90. The molecular formula is C17H24Cl2N2O3. The molecule has 0 saturated carbocycles. The Morgan fingerprint density at radius 2 is 2.08 bits per heavy atom. The zero-order chi connectivity index (χ0) is 16.2. The number of ether oxygens (including phenoxy) is 1. The summed E-state index contributed by atoms with van der Waals surface area (Å²) < 4.78 is 5.63. The number of rotatable bonds is 5. The van der Waals surface area contributed by atoms with Gasteiger partial charge in [0, 0.05) is 11.6 Å². The molecule has 2 aliphatic rings. The molecule has 3 rings (SSSR count). The van der Waals surface area contributed by atoms with Gasteiger partial charge in [-0.3, -0.25) is 4.79 Å². The minimum atomic E-state index is -0.682. The lowest BCUT2D eigenvalue weighted by Gasteiger charge is -2.30. The van der Waals surface area contributed by atoms with Crippen molar-refractivity contribution in [2.24, 2.45) is 0 Å². The predicted molar refractivity (Wildman–Crippen MR) is 96.0 cm³/mol. The topological polar surface area (TPSA) is 61.8 Å². The van der Waals surface area contributed by atoms with Gasteiger partial charge in [-0.05, 0) is 56.5 Å². The average molecular weight is 375 g/mol. The van der Waals surface area contributed by atoms with E-state index in [1.807, 2.05) is 4.90 Å². The van der Waals surface area contributed by atoms with E-state index in [1.165, 1.54) is 0 Å². The highest BCUT2D eigenvalue weighted by molar-refractivity contribution is 6.30. The lowest BCUT2D eigenvalue weighted by atomic mass is 10.1. The number of aliphatic hydroxyl groups is 1. The van der Waals surface area contributed by atoms with E-state index in [2.05, 4.69) is 5.32 Å². The third-order valence-corrected chi connectivity index (χ3v) is 4.87. The number of nitrogens with one attached hydrogen (secondary N) is 1. The molecule has 1 aromatic rings. The fourth-order valence-corrected chi connectivity index (χ4v) is 3.51. The summed E-state index contributed by atoms with van der Waals surface area (Å²) >= 11 is 5.84. The van der Waals surface area contributed by atoms with Crippen molar-refractivity contribution in [3.05, 3.63) is 29.3 Å². The van der Waals surface area contributed by atoms with Crippen LogP contribution in [-0.2, 0) is 4.79 Å². The van der Waals surface area contributed by atoms with Gasteiger partial charge in [-0.25, -0.2) is 0 Å². The van der Waals surface area contributed by atoms with Crippen molar-refractivity contribution in [2.45, 2.75) is 43.9 Å². The largest absolute Gasteiger partial charge is 0.491 e. The van der Waals surface area contributed by atoms with Crippen LogP contribution in [-0.4, -0.2) is 53.8 Å². The summed E-state index contributed by atoms with van der Waals surface area (Å²) in [6.07, 6.45) is 3.00. The van der Waals surface area contributed by atoms with Crippen molar-refractivity contribution in [3.63, 3.8) is 0 Å². The molecule has 24 heavy (non-hydrogen) atoms. The van der Waals surface area contributed by atoms with Crippen molar-refractivity contribution >= 4 is 29.9 Å². The molecule has 0 aromatic heterocycles. The lowest BCUT2D eigenvalue weighted by molar-refractivity contribution is -0.136. The zero-order valence-corrected chi connectivity index (χ0v) is 15.1. The smallest absolute Gasteiger partial charge is 0.240 e. The number of likely N-dealkylation sites (tertiary alicyclic amines) is 1. The number of carbonyl (C=O) groups excluding carboxylic acids is 1. The van der Waals surface area contributed by atoms with Crippen LogP contribution < -0.4 is 10.1 Å². The minimum Gasteiger partial charge on any atom is -0.491 e. The van der Waals surface area contributed by atoms with Crippen molar-refractivity contribution in [3.8, 4) is 5.75 Å². The van der Waals surface area contributed by atoms with Crippen LogP contribution in [0.5, 0.6) is 5.75 Å². The number of aliphatic hydroxyl groups excluding tert-OH is 1. The van der Waals surface area contributed by atoms with Crippen LogP contribution in [0.4, 0.5) is 0 Å². The second-order valence-electron chi connectivity index (χ2n) is 6.22. The van der Waals surface area contributed by atoms with Crippen LogP contribution in [0.25, 0.3) is 0 Å². The molecule has 1 aromatic carbocycles. The van der Waals surface area contributed by atoms with E-state index in [-0.39, 0.29) is 37.0 Å². The molecule has 0 bridgehead atoms. The van der Waals surface area contributed by atoms with Gasteiger partial charge < -0.3 is 20.1 Å². The van der Waals surface area contributed by atoms with Crippen molar-refractivity contribution in [2.75, 3.05) is 19.7 Å². The molecule has 0 aliphatic carbocycles. The number of benzene rings is 1. The van der Waals surface area contributed by atoms with Crippen LogP contribution in [0.3, 0.4) is 0 Å². The van der Waals surface area contributed by atoms with Gasteiger partial charge in [-0.1, -0.05) is 11.6 Å². The standard InChI is InChI=1S/C17H23ClN2O3.ClH/c18-12-5-7-13(8-6-12)23-11-16(21)15-4-2-10-20(15)17(22)14-3-1-9-19-14;/h5-8,14-16,19,21H,1-4,9-11H2;1H/t14-,15+,16?;/m1./s1. The number of hydrogen-bond acceptors (Lipinski definition) is 4. The van der Waals surface area contributed by atoms with Gasteiger partial charge in [0.2, 0.25) is 5.91 Å². The molecule has 3 atom stereocenters. The first kappa shape index (κ1) is 19.3. The Labute approximate surface area is 153 Å². The molecular weight excluding hydrogens is 351 g/mol. The Morgan fingerprint density at radius 3 is 2.75 bits per heavy atom. The molecule has 0 spiro atoms. The SMILES string of the molecule is Cl.O=C([C@H]1CCCN1)N1CCC[C@H]1C(O)COc1ccc(Cl)cc1. The Bertz CT molecular complexity index is 535. The minimum absolute atomic E-state index is 0. The van der Waals surface area contributed by atoms with E-state index >= 15 is 0 Å². The summed E-state index contributed by atoms with van der Waals surface area (Å²) in [4.78, 5) is 14.4. The van der Waals surface area contributed by atoms with E-state index in [9.17, 15) is 9.90 Å². The van der Waals surface area contributed by atoms with E-state index < -0.39 is 6.10 Å². The fourth-order valence-electron chi connectivity index (χ4n) is 3.39. The van der Waals surface area contributed by atoms with E-state index in [0.717, 1.165) is 38.8 Å². The van der Waals surface area contributed by atoms with Crippen molar-refractivity contribution < 1.29 is 14.6 Å². The molecule has 2 saturated heterocycles. The summed E-state index contributed by atoms with van der Waals surface area (Å²) in [5, 5.41) is 14.3. The van der Waals surface area contributed by atoms with Gasteiger partial charge in [0.1, 0.15) is 18.5 Å². The molecule has 2 fully saturated rings. The average Bonchev–Trinajstić information content (AvgIpc) is 3.24. The number of amides is 1. The number of carbonyl (C=O) groups is 1. The van der Waals surface area contributed by atoms with Gasteiger partial charge in [0.15, 0.2) is 0 Å². The fraction of sp³-hybridized carbons (Fsp3) is 0.588. The quantitative estimate of drug-likeness (QED) is 0.829. The van der Waals surface area contributed by atoms with E-state index in [0.29, 0.717) is 10.8 Å². The number of nitrogens with zero attached hydrogens (tertiary/aromatic N) is 1. The van der Waals surface area contributed by atoms with Crippen LogP contribution in [0.1, 0.15) is 25.7 Å². The summed E-state index contributed by atoms with van der Waals surface area (Å²) in [5.74, 6) is 0.789. The molecule has 1 unspecified atom stereocenters. The maximum absolute atomic E-state index is 12.6. The molecule has 134 valence electrons. The number of hydrogen-bond donors (Lipinski definition) is 2. The Kier molecular flexibility index (Phi) is 7.16. The third kappa shape index (κ3) is 4.54. The predicted octanol–water partition coefficient (Wildman–Crippen LogP) is 2.24. The summed E-state index contributed by atoms with van der Waals surface area (Å²) in [7, 11) is 0. The maximum atomic E-state index is 12.6. The van der Waals surface area contributed by atoms with E-state index in [4.69, 9.17) is 16.3 Å². The van der Waals surface area contributed by atoms with Gasteiger partial charge >= 0.3 is 0 Å². The Balaban J connectivity index is 0.00000208. The first-order chi connectivity index (χ1) is 11.1. The summed E-state index contributed by atoms with van der Waals surface area (Å²) in [6, 6.07) is 6.81. The molecule has 2 N–H and O–H groups in total. The monoisotopic (exact) mass is 374 g/mol. The zero-order valence-electron chi connectivity index (χ0n) is 13.5. The van der Waals surface area contributed by atoms with Crippen LogP contribution in [0.15, 0.2) is 24.3 Å². The van der Waals surface area contributed by atoms with E-state index in [1.54, 1.807) is 24.3 Å². The molecule has 2 heterocycles. The van der Waals surface area contributed by atoms with Crippen molar-refractivity contribution in [1.29, 1.82) is 0 Å². The van der Waals surface area contributed by atoms with Gasteiger partial charge in [-0.2, -0.15) is 0 Å². The highest BCUT2D eigenvalue weighted by atomic mass is 35.5. The third-order valence-electron chi connectivity index (χ3n) is 4.62. The lowest BCUT2D eigenvalue weighted by Crippen LogP contribution is -2.50. The van der Waals surface area contributed by atoms with Gasteiger partial charge in [-0.15, -0.1) is 12.4 Å². The molecule has 7 heteroatoms. The highest BCUT2D eigenvalue weighted by Gasteiger charge is 2.37. The highest BCUT2D eigenvalue weighted by Crippen LogP contribution is 2.24. The maximum Gasteiger partial charge on any atom is 0.240 e. The normalized spacial score (nSPS) is 24.5. The van der Waals surface area contributed by atoms with Crippen LogP contribution in [0, 0.1) is 0 Å². The molecule has 0 radical (unpaired) electrons. The molecule has 2 aliphatic heterocycles. The Hall–Kier alpha value is -1.01.